The molecule has 5 heteroatoms. The zero-order valence-corrected chi connectivity index (χ0v) is 18.9. The maximum Gasteiger partial charge on any atom is 0.238 e. The molecule has 1 amide bonds. The second kappa shape index (κ2) is 9.74. The van der Waals surface area contributed by atoms with Crippen LogP contribution in [0.15, 0.2) is 48.5 Å². The predicted molar refractivity (Wildman–Crippen MR) is 126 cm³/mol. The average molecular weight is 435 g/mol. The zero-order valence-electron chi connectivity index (χ0n) is 18.9. The van der Waals surface area contributed by atoms with Gasteiger partial charge >= 0.3 is 0 Å². The van der Waals surface area contributed by atoms with Crippen LogP contribution in [-0.2, 0) is 33.7 Å². The van der Waals surface area contributed by atoms with Crippen LogP contribution in [0.5, 0.6) is 0 Å². The molecular weight excluding hydrogens is 400 g/mol. The molecule has 3 aliphatic rings. The number of amides is 1. The van der Waals surface area contributed by atoms with E-state index in [-0.39, 0.29) is 17.6 Å². The fraction of sp³-hybridized carbons (Fsp3) is 0.519. The number of carbonyl (C=O) groups excluding carboxylic acids is 1. The molecule has 2 atom stereocenters. The highest BCUT2D eigenvalue weighted by molar-refractivity contribution is 5.92. The molecule has 0 aromatic heterocycles. The molecule has 2 aromatic rings. The summed E-state index contributed by atoms with van der Waals surface area (Å²) in [5, 5.41) is 3.12. The number of aryl methyl sites for hydroxylation is 2. The van der Waals surface area contributed by atoms with E-state index in [0.29, 0.717) is 13.2 Å². The highest BCUT2D eigenvalue weighted by Gasteiger charge is 2.47. The van der Waals surface area contributed by atoms with E-state index in [1.807, 2.05) is 24.3 Å². The van der Waals surface area contributed by atoms with Gasteiger partial charge in [0.25, 0.3) is 0 Å². The van der Waals surface area contributed by atoms with Gasteiger partial charge in [-0.1, -0.05) is 36.4 Å². The van der Waals surface area contributed by atoms with Gasteiger partial charge in [-0.15, -0.1) is 0 Å². The van der Waals surface area contributed by atoms with E-state index in [0.717, 1.165) is 57.5 Å². The van der Waals surface area contributed by atoms with Crippen molar-refractivity contribution in [2.75, 3.05) is 31.6 Å². The second-order valence-electron chi connectivity index (χ2n) is 9.53. The first-order chi connectivity index (χ1) is 15.7. The number of nitrogens with zero attached hydrogens (tertiary/aromatic N) is 1. The molecule has 2 aliphatic heterocycles. The van der Waals surface area contributed by atoms with Crippen molar-refractivity contribution in [1.82, 2.24) is 4.90 Å². The van der Waals surface area contributed by atoms with Gasteiger partial charge in [0.15, 0.2) is 0 Å². The molecular formula is C27H34N2O3. The highest BCUT2D eigenvalue weighted by atomic mass is 16.6. The van der Waals surface area contributed by atoms with Crippen molar-refractivity contribution in [2.45, 2.75) is 63.3 Å². The third-order valence-electron chi connectivity index (χ3n) is 7.29. The summed E-state index contributed by atoms with van der Waals surface area (Å²) >= 11 is 0. The lowest BCUT2D eigenvalue weighted by Gasteiger charge is -2.44. The van der Waals surface area contributed by atoms with Gasteiger partial charge < -0.3 is 14.8 Å². The topological polar surface area (TPSA) is 50.8 Å². The van der Waals surface area contributed by atoms with Crippen molar-refractivity contribution >= 4 is 11.6 Å². The van der Waals surface area contributed by atoms with E-state index in [1.54, 1.807) is 0 Å². The van der Waals surface area contributed by atoms with Crippen molar-refractivity contribution in [3.05, 3.63) is 65.2 Å². The SMILES string of the molecule is O=C(CN1CC[C@@]2(CCCO2)[C@@H](OCc2ccccc2)C1)Nc1ccc2c(c1)CCCC2. The van der Waals surface area contributed by atoms with Crippen molar-refractivity contribution in [3.63, 3.8) is 0 Å². The van der Waals surface area contributed by atoms with Crippen LogP contribution < -0.4 is 5.32 Å². The normalized spacial score (nSPS) is 25.6. The molecule has 5 rings (SSSR count). The number of piperidine rings is 1. The maximum atomic E-state index is 12.8. The van der Waals surface area contributed by atoms with E-state index in [4.69, 9.17) is 9.47 Å². The molecule has 1 aliphatic carbocycles. The summed E-state index contributed by atoms with van der Waals surface area (Å²) in [4.78, 5) is 15.0. The summed E-state index contributed by atoms with van der Waals surface area (Å²) in [6.45, 7) is 3.36. The summed E-state index contributed by atoms with van der Waals surface area (Å²) in [6, 6.07) is 16.7. The molecule has 0 radical (unpaired) electrons. The molecule has 0 bridgehead atoms. The van der Waals surface area contributed by atoms with Crippen LogP contribution in [0.1, 0.15) is 48.8 Å². The van der Waals surface area contributed by atoms with Gasteiger partial charge in [0.2, 0.25) is 5.91 Å². The van der Waals surface area contributed by atoms with Gasteiger partial charge in [-0.3, -0.25) is 9.69 Å². The van der Waals surface area contributed by atoms with Crippen LogP contribution in [0, 0.1) is 0 Å². The zero-order chi connectivity index (χ0) is 21.8. The van der Waals surface area contributed by atoms with Crippen LogP contribution in [0.3, 0.4) is 0 Å². The van der Waals surface area contributed by atoms with Crippen LogP contribution in [-0.4, -0.2) is 48.8 Å². The first kappa shape index (κ1) is 21.6. The van der Waals surface area contributed by atoms with Crippen LogP contribution in [0.25, 0.3) is 0 Å². The minimum atomic E-state index is -0.194. The van der Waals surface area contributed by atoms with Crippen LogP contribution in [0.2, 0.25) is 0 Å². The fourth-order valence-corrected chi connectivity index (χ4v) is 5.50. The molecule has 32 heavy (non-hydrogen) atoms. The Bertz CT molecular complexity index is 924. The number of hydrogen-bond donors (Lipinski definition) is 1. The lowest BCUT2D eigenvalue weighted by Crippen LogP contribution is -2.57. The number of carbonyl (C=O) groups is 1. The number of nitrogens with one attached hydrogen (secondary N) is 1. The molecule has 1 spiro atoms. The van der Waals surface area contributed by atoms with Crippen molar-refractivity contribution in [2.24, 2.45) is 0 Å². The fourth-order valence-electron chi connectivity index (χ4n) is 5.50. The van der Waals surface area contributed by atoms with Crippen molar-refractivity contribution < 1.29 is 14.3 Å². The van der Waals surface area contributed by atoms with E-state index in [9.17, 15) is 4.79 Å². The van der Waals surface area contributed by atoms with Gasteiger partial charge in [-0.05, 0) is 73.8 Å². The van der Waals surface area contributed by atoms with E-state index in [1.165, 1.54) is 29.5 Å². The molecule has 170 valence electrons. The Morgan fingerprint density at radius 1 is 1.06 bits per heavy atom. The first-order valence-electron chi connectivity index (χ1n) is 12.1. The number of fused-ring (bicyclic) bond motifs is 1. The second-order valence-corrected chi connectivity index (χ2v) is 9.53. The maximum absolute atomic E-state index is 12.8. The Labute approximate surface area is 191 Å². The smallest absolute Gasteiger partial charge is 0.238 e. The monoisotopic (exact) mass is 434 g/mol. The van der Waals surface area contributed by atoms with E-state index >= 15 is 0 Å². The lowest BCUT2D eigenvalue weighted by atomic mass is 9.85. The number of anilines is 1. The quantitative estimate of drug-likeness (QED) is 0.735. The Kier molecular flexibility index (Phi) is 6.58. The van der Waals surface area contributed by atoms with Crippen LogP contribution in [0.4, 0.5) is 5.69 Å². The Morgan fingerprint density at radius 2 is 1.91 bits per heavy atom. The van der Waals surface area contributed by atoms with Gasteiger partial charge in [-0.2, -0.15) is 0 Å². The lowest BCUT2D eigenvalue weighted by molar-refractivity contribution is -0.159. The molecule has 2 fully saturated rings. The highest BCUT2D eigenvalue weighted by Crippen LogP contribution is 2.38. The summed E-state index contributed by atoms with van der Waals surface area (Å²) in [6.07, 6.45) is 7.82. The average Bonchev–Trinajstić information content (AvgIpc) is 3.29. The Balaban J connectivity index is 1.20. The van der Waals surface area contributed by atoms with Crippen molar-refractivity contribution in [3.8, 4) is 0 Å². The Hall–Kier alpha value is -2.21. The minimum absolute atomic E-state index is 0.0181. The van der Waals surface area contributed by atoms with E-state index < -0.39 is 0 Å². The minimum Gasteiger partial charge on any atom is -0.372 e. The predicted octanol–water partition coefficient (Wildman–Crippen LogP) is 4.34. The largest absolute Gasteiger partial charge is 0.372 e. The first-order valence-corrected chi connectivity index (χ1v) is 12.1. The van der Waals surface area contributed by atoms with Gasteiger partial charge in [-0.25, -0.2) is 0 Å². The third kappa shape index (κ3) is 4.90. The summed E-state index contributed by atoms with van der Waals surface area (Å²) in [7, 11) is 0. The molecule has 5 nitrogen and oxygen atoms in total. The number of ether oxygens (including phenoxy) is 2. The van der Waals surface area contributed by atoms with Crippen LogP contribution >= 0.6 is 0 Å². The molecule has 2 saturated heterocycles. The molecule has 2 heterocycles. The van der Waals surface area contributed by atoms with Gasteiger partial charge in [0.05, 0.1) is 24.9 Å². The molecule has 1 N–H and O–H groups in total. The van der Waals surface area contributed by atoms with Crippen molar-refractivity contribution in [1.29, 1.82) is 0 Å². The Morgan fingerprint density at radius 3 is 2.72 bits per heavy atom. The van der Waals surface area contributed by atoms with Gasteiger partial charge in [0, 0.05) is 25.4 Å². The van der Waals surface area contributed by atoms with Gasteiger partial charge in [0.1, 0.15) is 0 Å². The molecule has 0 saturated carbocycles. The summed E-state index contributed by atoms with van der Waals surface area (Å²) in [5.74, 6) is 0.0471. The molecule has 0 unspecified atom stereocenters. The van der Waals surface area contributed by atoms with E-state index in [2.05, 4.69) is 34.5 Å². The molecule has 2 aromatic carbocycles. The third-order valence-corrected chi connectivity index (χ3v) is 7.29. The number of likely N-dealkylation sites (tertiary alicyclic amines) is 1. The standard InChI is InChI=1S/C27H34N2O3/c30-26(28-24-12-11-22-9-4-5-10-23(22)17-24)19-29-15-14-27(13-6-16-32-27)25(18-29)31-20-21-7-2-1-3-8-21/h1-3,7-8,11-12,17,25H,4-6,9-10,13-16,18-20H2,(H,28,30)/t25-,27-/m0/s1. The number of hydrogen-bond acceptors (Lipinski definition) is 4. The number of benzene rings is 2. The summed E-state index contributed by atoms with van der Waals surface area (Å²) in [5.41, 5.74) is 4.72. The number of rotatable bonds is 6. The summed E-state index contributed by atoms with van der Waals surface area (Å²) < 4.78 is 12.6.